The van der Waals surface area contributed by atoms with Crippen molar-refractivity contribution in [1.82, 2.24) is 57.2 Å². The Balaban J connectivity index is 1.36. The van der Waals surface area contributed by atoms with Gasteiger partial charge in [0, 0.05) is 83.3 Å². The van der Waals surface area contributed by atoms with Crippen molar-refractivity contribution in [2.75, 3.05) is 18.1 Å². The van der Waals surface area contributed by atoms with Crippen molar-refractivity contribution >= 4 is 101 Å². The Hall–Kier alpha value is -7.21. The normalized spacial score (nSPS) is 14.1. The van der Waals surface area contributed by atoms with E-state index in [1.165, 1.54) is 31.0 Å². The van der Waals surface area contributed by atoms with Crippen molar-refractivity contribution in [3.8, 4) is 0 Å². The first-order valence-electron chi connectivity index (χ1n) is 23.7. The van der Waals surface area contributed by atoms with E-state index in [0.29, 0.717) is 27.4 Å². The van der Waals surface area contributed by atoms with Gasteiger partial charge in [-0.3, -0.25) is 43.3 Å². The van der Waals surface area contributed by atoms with Gasteiger partial charge in [0.1, 0.15) is 42.3 Å². The third-order valence-electron chi connectivity index (χ3n) is 11.7. The molecule has 0 fully saturated rings. The first-order chi connectivity index (χ1) is 35.5. The number of para-hydroxylation sites is 1. The number of amides is 8. The highest BCUT2D eigenvalue weighted by atomic mass is 35.5. The monoisotopic (exact) mass is 1070 g/mol. The van der Waals surface area contributed by atoms with Crippen molar-refractivity contribution < 1.29 is 38.4 Å². The van der Waals surface area contributed by atoms with E-state index in [0.717, 1.165) is 10.9 Å². The molecule has 0 saturated heterocycles. The molecule has 0 aliphatic heterocycles. The van der Waals surface area contributed by atoms with Gasteiger partial charge in [-0.2, -0.15) is 25.3 Å². The quantitative estimate of drug-likeness (QED) is 0.0246. The lowest BCUT2D eigenvalue weighted by molar-refractivity contribution is -0.136. The van der Waals surface area contributed by atoms with E-state index in [1.54, 1.807) is 62.5 Å². The van der Waals surface area contributed by atoms with Crippen LogP contribution in [0.1, 0.15) is 49.1 Å². The van der Waals surface area contributed by atoms with E-state index in [2.05, 4.69) is 82.4 Å². The third kappa shape index (κ3) is 17.5. The highest BCUT2D eigenvalue weighted by molar-refractivity contribution is 7.80. The van der Waals surface area contributed by atoms with Crippen LogP contribution in [-0.2, 0) is 57.6 Å². The maximum absolute atomic E-state index is 14.6. The van der Waals surface area contributed by atoms with Crippen molar-refractivity contribution in [1.29, 1.82) is 0 Å². The Labute approximate surface area is 443 Å². The number of aromatic amines is 2. The Kier molecular flexibility index (Phi) is 22.5. The SMILES string of the molecule is CC(C)[C@H](NC(=O)[C@H](CCCN)NC(=O)[C@@H](Cc1c[nH]c2ccccc12)NC(=O)[C@@H](Cc1ccncc1)NC(=O)[C@H](CS)NC(=O)/C=C/c1ccc(Cl)cc1)C(=O)N[C@@H](CS)C(=O)N[C@@H](Cc1cnc[nH]1)C(N)=O. The molecule has 7 atom stereocenters. The molecule has 74 heavy (non-hydrogen) atoms. The summed E-state index contributed by atoms with van der Waals surface area (Å²) in [5.74, 6) is -6.84. The van der Waals surface area contributed by atoms with Crippen LogP contribution in [0, 0.1) is 5.92 Å². The Bertz CT molecular complexity index is 2730. The van der Waals surface area contributed by atoms with E-state index < -0.39 is 95.5 Å². The first kappa shape index (κ1) is 57.7. The molecule has 13 N–H and O–H groups in total. The summed E-state index contributed by atoms with van der Waals surface area (Å²) in [4.78, 5) is 124. The number of carbonyl (C=O) groups is 8. The summed E-state index contributed by atoms with van der Waals surface area (Å²) in [6, 6.07) is 8.62. The number of imidazole rings is 1. The van der Waals surface area contributed by atoms with E-state index in [4.69, 9.17) is 23.1 Å². The minimum absolute atomic E-state index is 0.00731. The highest BCUT2D eigenvalue weighted by Crippen LogP contribution is 2.20. The van der Waals surface area contributed by atoms with Gasteiger partial charge in [-0.05, 0) is 78.4 Å². The molecule has 3 aromatic heterocycles. The zero-order valence-corrected chi connectivity index (χ0v) is 43.2. The van der Waals surface area contributed by atoms with Gasteiger partial charge in [-0.15, -0.1) is 0 Å². The number of rotatable bonds is 28. The van der Waals surface area contributed by atoms with Crippen LogP contribution in [0.2, 0.25) is 5.02 Å². The number of H-pyrrole nitrogens is 2. The summed E-state index contributed by atoms with van der Waals surface area (Å²) in [6.45, 7) is 3.47. The summed E-state index contributed by atoms with van der Waals surface area (Å²) in [6.07, 6.45) is 10.5. The minimum atomic E-state index is -1.36. The molecule has 21 nitrogen and oxygen atoms in total. The second kappa shape index (κ2) is 28.9. The number of hydrogen-bond acceptors (Lipinski definition) is 13. The summed E-state index contributed by atoms with van der Waals surface area (Å²) >= 11 is 14.5. The van der Waals surface area contributed by atoms with Crippen LogP contribution >= 0.6 is 36.9 Å². The number of primary amides is 1. The van der Waals surface area contributed by atoms with Crippen LogP contribution in [0.25, 0.3) is 17.0 Å². The average Bonchev–Trinajstić information content (AvgIpc) is 4.06. The van der Waals surface area contributed by atoms with Gasteiger partial charge < -0.3 is 58.7 Å². The lowest BCUT2D eigenvalue weighted by atomic mass is 10.00. The van der Waals surface area contributed by atoms with E-state index >= 15 is 0 Å². The fourth-order valence-corrected chi connectivity index (χ4v) is 8.26. The molecule has 0 spiro atoms. The predicted octanol–water partition coefficient (Wildman–Crippen LogP) is 0.814. The van der Waals surface area contributed by atoms with Crippen molar-refractivity contribution in [2.24, 2.45) is 17.4 Å². The molecule has 3 heterocycles. The molecule has 0 bridgehead atoms. The van der Waals surface area contributed by atoms with Crippen LogP contribution in [-0.4, -0.2) is 128 Å². The highest BCUT2D eigenvalue weighted by Gasteiger charge is 2.35. The smallest absolute Gasteiger partial charge is 0.244 e. The lowest BCUT2D eigenvalue weighted by Crippen LogP contribution is -2.61. The molecule has 5 rings (SSSR count). The topological polar surface area (TPSA) is 330 Å². The molecule has 0 saturated carbocycles. The Morgan fingerprint density at radius 1 is 0.662 bits per heavy atom. The van der Waals surface area contributed by atoms with Crippen molar-refractivity contribution in [3.63, 3.8) is 0 Å². The number of benzene rings is 2. The van der Waals surface area contributed by atoms with Crippen molar-refractivity contribution in [2.45, 2.75) is 88.2 Å². The molecule has 5 aromatic rings. The molecule has 24 heteroatoms. The van der Waals surface area contributed by atoms with Crippen LogP contribution in [0.15, 0.2) is 97.9 Å². The summed E-state index contributed by atoms with van der Waals surface area (Å²) < 4.78 is 0. The van der Waals surface area contributed by atoms with Gasteiger partial charge >= 0.3 is 0 Å². The van der Waals surface area contributed by atoms with Crippen LogP contribution < -0.4 is 48.7 Å². The Morgan fingerprint density at radius 3 is 1.85 bits per heavy atom. The van der Waals surface area contributed by atoms with E-state index in [9.17, 15) is 38.4 Å². The number of nitrogens with two attached hydrogens (primary N) is 2. The molecule has 0 radical (unpaired) electrons. The molecule has 0 aliphatic rings. The molecule has 0 unspecified atom stereocenters. The van der Waals surface area contributed by atoms with E-state index in [-0.39, 0.29) is 50.2 Å². The number of aromatic nitrogens is 4. The number of hydrogen-bond donors (Lipinski definition) is 13. The molecule has 394 valence electrons. The van der Waals surface area contributed by atoms with Gasteiger partial charge in [0.05, 0.1) is 6.33 Å². The molecule has 0 aliphatic carbocycles. The number of halogens is 1. The molecular formula is C50H62ClN13O8S2. The van der Waals surface area contributed by atoms with Crippen LogP contribution in [0.5, 0.6) is 0 Å². The average molecular weight is 1070 g/mol. The second-order valence-corrected chi connectivity index (χ2v) is 18.8. The van der Waals surface area contributed by atoms with Crippen LogP contribution in [0.3, 0.4) is 0 Å². The maximum atomic E-state index is 14.6. The number of pyridine rings is 1. The second-order valence-electron chi connectivity index (χ2n) is 17.6. The maximum Gasteiger partial charge on any atom is 0.244 e. The summed E-state index contributed by atoms with van der Waals surface area (Å²) in [7, 11) is 0. The first-order valence-corrected chi connectivity index (χ1v) is 25.3. The zero-order chi connectivity index (χ0) is 53.7. The summed E-state index contributed by atoms with van der Waals surface area (Å²) in [5.41, 5.74) is 14.7. The van der Waals surface area contributed by atoms with Gasteiger partial charge in [0.15, 0.2) is 0 Å². The van der Waals surface area contributed by atoms with Gasteiger partial charge in [0.25, 0.3) is 0 Å². The van der Waals surface area contributed by atoms with Crippen LogP contribution in [0.4, 0.5) is 0 Å². The summed E-state index contributed by atoms with van der Waals surface area (Å²) in [5, 5.41) is 20.1. The van der Waals surface area contributed by atoms with Gasteiger partial charge in [0.2, 0.25) is 47.3 Å². The minimum Gasteiger partial charge on any atom is -0.368 e. The lowest BCUT2D eigenvalue weighted by Gasteiger charge is -2.29. The largest absolute Gasteiger partial charge is 0.368 e. The standard InChI is InChI=1S/C50H62ClN13O8S2/c1-28(2)43(50(72)63-41(26-74)49(71)60-37(44(53)66)22-33-24-55-27-57-33)64-45(67)36(8-5-17-52)59-47(69)39(21-31-23-56-35-7-4-3-6-34(31)35)62-46(68)38(20-30-15-18-54-19-16-30)61-48(70)40(25-73)58-42(65)14-11-29-9-12-32(51)13-10-29/h3-4,6-7,9-16,18-19,23-24,27-28,36-41,43,56,73-74H,5,8,17,20-22,25-26,52H2,1-2H3,(H2,53,66)(H,55,57)(H,58,65)(H,59,69)(H,60,71)(H,61,70)(H,62,68)(H,63,72)(H,64,67)/b14-11+/t36-,37-,38+,39+,40-,41-,43-/m0/s1. The number of carbonyl (C=O) groups excluding carboxylic acids is 8. The predicted molar refractivity (Wildman–Crippen MR) is 286 cm³/mol. The molecule has 2 aromatic carbocycles. The Morgan fingerprint density at radius 2 is 1.24 bits per heavy atom. The van der Waals surface area contributed by atoms with Crippen molar-refractivity contribution in [3.05, 3.63) is 125 Å². The number of fused-ring (bicyclic) bond motifs is 1. The fraction of sp³-hybridized carbons (Fsp3) is 0.360. The number of thiol groups is 2. The van der Waals surface area contributed by atoms with E-state index in [1.807, 2.05) is 24.3 Å². The molecule has 8 amide bonds. The number of nitrogens with one attached hydrogen (secondary N) is 9. The van der Waals surface area contributed by atoms with Gasteiger partial charge in [-0.25, -0.2) is 4.98 Å². The third-order valence-corrected chi connectivity index (χ3v) is 12.7. The number of nitrogens with zero attached hydrogens (tertiary/aromatic N) is 2. The fourth-order valence-electron chi connectivity index (χ4n) is 7.62. The van der Waals surface area contributed by atoms with Gasteiger partial charge in [-0.1, -0.05) is 55.8 Å². The zero-order valence-electron chi connectivity index (χ0n) is 40.7. The molecular weight excluding hydrogens is 1010 g/mol.